The van der Waals surface area contributed by atoms with Crippen LogP contribution in [0, 0.1) is 6.92 Å². The van der Waals surface area contributed by atoms with Crippen molar-refractivity contribution in [3.8, 4) is 5.69 Å². The summed E-state index contributed by atoms with van der Waals surface area (Å²) in [5, 5.41) is 13.1. The summed E-state index contributed by atoms with van der Waals surface area (Å²) in [6, 6.07) is 7.62. The van der Waals surface area contributed by atoms with Gasteiger partial charge in [0.05, 0.1) is 29.6 Å². The van der Waals surface area contributed by atoms with Crippen LogP contribution >= 0.6 is 15.9 Å². The molecule has 2 rings (SSSR count). The van der Waals surface area contributed by atoms with Gasteiger partial charge in [0.1, 0.15) is 0 Å². The number of carbonyl (C=O) groups excluding carboxylic acids is 1. The fourth-order valence-electron chi connectivity index (χ4n) is 2.27. The van der Waals surface area contributed by atoms with Crippen LogP contribution in [0.1, 0.15) is 29.4 Å². The van der Waals surface area contributed by atoms with Crippen LogP contribution in [0.2, 0.25) is 0 Å². The maximum Gasteiger partial charge on any atom is 0.305 e. The molecule has 23 heavy (non-hydrogen) atoms. The minimum atomic E-state index is -0.918. The molecule has 0 fully saturated rings. The minimum absolute atomic E-state index is 0.0700. The fourth-order valence-corrected chi connectivity index (χ4v) is 2.53. The lowest BCUT2D eigenvalue weighted by Gasteiger charge is -2.19. The predicted molar refractivity (Wildman–Crippen MR) is 89.8 cm³/mol. The third kappa shape index (κ3) is 3.98. The van der Waals surface area contributed by atoms with Crippen LogP contribution in [0.5, 0.6) is 0 Å². The number of aromatic nitrogens is 2. The molecule has 1 heterocycles. The number of hydrogen-bond donors (Lipinski definition) is 1. The molecule has 0 bridgehead atoms. The number of halogens is 1. The number of rotatable bonds is 6. The number of aliphatic carboxylic acids is 1. The van der Waals surface area contributed by atoms with E-state index in [4.69, 9.17) is 5.11 Å². The first-order chi connectivity index (χ1) is 10.9. The van der Waals surface area contributed by atoms with E-state index in [1.165, 1.54) is 11.1 Å². The number of carbonyl (C=O) groups is 2. The van der Waals surface area contributed by atoms with E-state index in [2.05, 4.69) is 21.0 Å². The first-order valence-corrected chi connectivity index (χ1v) is 8.05. The summed E-state index contributed by atoms with van der Waals surface area (Å²) in [5.74, 6) is -1.12. The Labute approximate surface area is 142 Å². The Kier molecular flexibility index (Phi) is 5.54. The van der Waals surface area contributed by atoms with Gasteiger partial charge in [0, 0.05) is 17.6 Å². The standard InChI is InChI=1S/C16H18BrN3O3/c1-3-19(9-8-15(21)22)16(23)14-10-18-20(11(14)2)13-6-4-12(17)5-7-13/h4-7,10H,3,8-9H2,1-2H3,(H,21,22). The van der Waals surface area contributed by atoms with Gasteiger partial charge in [-0.1, -0.05) is 15.9 Å². The van der Waals surface area contributed by atoms with Crippen molar-refractivity contribution in [2.75, 3.05) is 13.1 Å². The first-order valence-electron chi connectivity index (χ1n) is 7.25. The van der Waals surface area contributed by atoms with E-state index < -0.39 is 5.97 Å². The summed E-state index contributed by atoms with van der Waals surface area (Å²) < 4.78 is 2.67. The molecule has 1 aromatic carbocycles. The summed E-state index contributed by atoms with van der Waals surface area (Å²) in [5.41, 5.74) is 2.07. The molecule has 1 N–H and O–H groups in total. The second kappa shape index (κ2) is 7.41. The monoisotopic (exact) mass is 379 g/mol. The zero-order valence-corrected chi connectivity index (χ0v) is 14.6. The van der Waals surface area contributed by atoms with Crippen molar-refractivity contribution in [2.45, 2.75) is 20.3 Å². The first kappa shape index (κ1) is 17.2. The SMILES string of the molecule is CCN(CCC(=O)O)C(=O)c1cnn(-c2ccc(Br)cc2)c1C. The van der Waals surface area contributed by atoms with E-state index in [1.54, 1.807) is 4.68 Å². The highest BCUT2D eigenvalue weighted by molar-refractivity contribution is 9.10. The largest absolute Gasteiger partial charge is 0.481 e. The van der Waals surface area contributed by atoms with Crippen molar-refractivity contribution in [2.24, 2.45) is 0 Å². The molecular weight excluding hydrogens is 362 g/mol. The van der Waals surface area contributed by atoms with Crippen LogP contribution in [-0.2, 0) is 4.79 Å². The lowest BCUT2D eigenvalue weighted by Crippen LogP contribution is -2.33. The van der Waals surface area contributed by atoms with E-state index in [0.29, 0.717) is 12.1 Å². The molecular formula is C16H18BrN3O3. The van der Waals surface area contributed by atoms with Gasteiger partial charge in [-0.25, -0.2) is 4.68 Å². The van der Waals surface area contributed by atoms with Crippen LogP contribution in [0.15, 0.2) is 34.9 Å². The molecule has 0 radical (unpaired) electrons. The normalized spacial score (nSPS) is 10.6. The molecule has 0 unspecified atom stereocenters. The van der Waals surface area contributed by atoms with Gasteiger partial charge >= 0.3 is 5.97 Å². The molecule has 0 saturated heterocycles. The topological polar surface area (TPSA) is 75.4 Å². The maximum atomic E-state index is 12.6. The second-order valence-electron chi connectivity index (χ2n) is 5.06. The third-order valence-electron chi connectivity index (χ3n) is 3.58. The summed E-state index contributed by atoms with van der Waals surface area (Å²) in [4.78, 5) is 24.8. The second-order valence-corrected chi connectivity index (χ2v) is 5.98. The molecule has 122 valence electrons. The Bertz CT molecular complexity index is 710. The Balaban J connectivity index is 2.25. The molecule has 0 aliphatic rings. The van der Waals surface area contributed by atoms with Crippen LogP contribution in [0.3, 0.4) is 0 Å². The van der Waals surface area contributed by atoms with Gasteiger partial charge in [0.2, 0.25) is 0 Å². The molecule has 0 aliphatic carbocycles. The summed E-state index contributed by atoms with van der Waals surface area (Å²) in [6.07, 6.45) is 1.46. The predicted octanol–water partition coefficient (Wildman–Crippen LogP) is 2.88. The number of amides is 1. The number of benzene rings is 1. The summed E-state index contributed by atoms with van der Waals surface area (Å²) in [7, 11) is 0. The summed E-state index contributed by atoms with van der Waals surface area (Å²) >= 11 is 3.38. The van der Waals surface area contributed by atoms with E-state index >= 15 is 0 Å². The Morgan fingerprint density at radius 2 is 1.96 bits per heavy atom. The highest BCUT2D eigenvalue weighted by Crippen LogP contribution is 2.18. The van der Waals surface area contributed by atoms with Crippen LogP contribution in [-0.4, -0.2) is 44.8 Å². The quantitative estimate of drug-likeness (QED) is 0.836. The van der Waals surface area contributed by atoms with Gasteiger partial charge in [0.25, 0.3) is 5.91 Å². The number of carboxylic acid groups (broad SMARTS) is 1. The molecule has 2 aromatic rings. The van der Waals surface area contributed by atoms with Crippen molar-refractivity contribution >= 4 is 27.8 Å². The van der Waals surface area contributed by atoms with Gasteiger partial charge in [-0.05, 0) is 38.1 Å². The number of hydrogen-bond acceptors (Lipinski definition) is 3. The maximum absolute atomic E-state index is 12.6. The van der Waals surface area contributed by atoms with E-state index in [0.717, 1.165) is 15.9 Å². The Morgan fingerprint density at radius 3 is 2.52 bits per heavy atom. The van der Waals surface area contributed by atoms with Crippen molar-refractivity contribution in [3.05, 3.63) is 46.2 Å². The molecule has 6 nitrogen and oxygen atoms in total. The van der Waals surface area contributed by atoms with Crippen LogP contribution in [0.25, 0.3) is 5.69 Å². The minimum Gasteiger partial charge on any atom is -0.481 e. The number of carboxylic acids is 1. The van der Waals surface area contributed by atoms with Crippen molar-refractivity contribution < 1.29 is 14.7 Å². The van der Waals surface area contributed by atoms with Crippen molar-refractivity contribution in [3.63, 3.8) is 0 Å². The summed E-state index contributed by atoms with van der Waals surface area (Å²) in [6.45, 7) is 4.30. The zero-order chi connectivity index (χ0) is 17.0. The van der Waals surface area contributed by atoms with Gasteiger partial charge in [0.15, 0.2) is 0 Å². The Hall–Kier alpha value is -2.15. The van der Waals surface area contributed by atoms with E-state index in [1.807, 2.05) is 38.1 Å². The van der Waals surface area contributed by atoms with Gasteiger partial charge < -0.3 is 10.0 Å². The van der Waals surface area contributed by atoms with E-state index in [-0.39, 0.29) is 18.9 Å². The lowest BCUT2D eigenvalue weighted by molar-refractivity contribution is -0.137. The van der Waals surface area contributed by atoms with Crippen molar-refractivity contribution in [1.82, 2.24) is 14.7 Å². The molecule has 0 aliphatic heterocycles. The molecule has 1 aromatic heterocycles. The lowest BCUT2D eigenvalue weighted by atomic mass is 10.2. The molecule has 0 saturated carbocycles. The average Bonchev–Trinajstić information content (AvgIpc) is 2.90. The number of nitrogens with zero attached hydrogens (tertiary/aromatic N) is 3. The molecule has 7 heteroatoms. The van der Waals surface area contributed by atoms with Crippen molar-refractivity contribution in [1.29, 1.82) is 0 Å². The van der Waals surface area contributed by atoms with E-state index in [9.17, 15) is 9.59 Å². The Morgan fingerprint density at radius 1 is 1.30 bits per heavy atom. The van der Waals surface area contributed by atoms with Crippen LogP contribution in [0.4, 0.5) is 0 Å². The highest BCUT2D eigenvalue weighted by atomic mass is 79.9. The highest BCUT2D eigenvalue weighted by Gasteiger charge is 2.20. The zero-order valence-electron chi connectivity index (χ0n) is 13.0. The van der Waals surface area contributed by atoms with Gasteiger partial charge in [-0.3, -0.25) is 9.59 Å². The molecule has 1 amide bonds. The van der Waals surface area contributed by atoms with Gasteiger partial charge in [-0.15, -0.1) is 0 Å². The van der Waals surface area contributed by atoms with Gasteiger partial charge in [-0.2, -0.15) is 5.10 Å². The average molecular weight is 380 g/mol. The molecule has 0 spiro atoms. The molecule has 0 atom stereocenters. The fraction of sp³-hybridized carbons (Fsp3) is 0.312. The third-order valence-corrected chi connectivity index (χ3v) is 4.10. The smallest absolute Gasteiger partial charge is 0.305 e. The van der Waals surface area contributed by atoms with Crippen LogP contribution < -0.4 is 0 Å².